The summed E-state index contributed by atoms with van der Waals surface area (Å²) in [5, 5.41) is 13.7. The number of hydrogen-bond acceptors (Lipinski definition) is 3. The fraction of sp³-hybridized carbons (Fsp3) is 0.667. The molecule has 1 saturated heterocycles. The Kier molecular flexibility index (Phi) is 3.87. The topological polar surface area (TPSA) is 58.6 Å². The van der Waals surface area contributed by atoms with Gasteiger partial charge in [0.25, 0.3) is 0 Å². The summed E-state index contributed by atoms with van der Waals surface area (Å²) in [4.78, 5) is 12.2. The SMILES string of the molecule is CCC(=O)N[C@H]1C(C)(C)[C@@H]2C[C@@H]3[C@@H](c4ccccc4O)OCC[C@@]31C2. The maximum absolute atomic E-state index is 12.2. The Morgan fingerprint density at radius 1 is 1.36 bits per heavy atom. The fourth-order valence-electron chi connectivity index (χ4n) is 6.09. The lowest BCUT2D eigenvalue weighted by Gasteiger charge is -2.53. The molecule has 3 fully saturated rings. The summed E-state index contributed by atoms with van der Waals surface area (Å²) in [6.07, 6.45) is 3.72. The average molecular weight is 343 g/mol. The van der Waals surface area contributed by atoms with E-state index in [-0.39, 0.29) is 28.9 Å². The van der Waals surface area contributed by atoms with Crippen molar-refractivity contribution in [3.05, 3.63) is 29.8 Å². The van der Waals surface area contributed by atoms with Gasteiger partial charge in [-0.2, -0.15) is 0 Å². The number of carbonyl (C=O) groups is 1. The average Bonchev–Trinajstić information content (AvgIpc) is 3.08. The van der Waals surface area contributed by atoms with Crippen molar-refractivity contribution < 1.29 is 14.6 Å². The zero-order valence-electron chi connectivity index (χ0n) is 15.4. The maximum Gasteiger partial charge on any atom is 0.219 e. The molecular formula is C21H29NO3. The molecule has 5 atom stereocenters. The minimum atomic E-state index is -0.0721. The zero-order valence-corrected chi connectivity index (χ0v) is 15.4. The first kappa shape index (κ1) is 16.9. The van der Waals surface area contributed by atoms with Crippen LogP contribution in [0.5, 0.6) is 5.75 Å². The molecule has 1 spiro atoms. The number of benzene rings is 1. The second-order valence-electron chi connectivity index (χ2n) is 8.75. The number of aromatic hydroxyl groups is 1. The number of phenolic OH excluding ortho intramolecular Hbond substituents is 1. The molecule has 0 unspecified atom stereocenters. The number of phenols is 1. The molecule has 4 nitrogen and oxygen atoms in total. The number of rotatable bonds is 3. The summed E-state index contributed by atoms with van der Waals surface area (Å²) < 4.78 is 6.18. The van der Waals surface area contributed by atoms with E-state index in [9.17, 15) is 9.90 Å². The number of hydrogen-bond donors (Lipinski definition) is 2. The molecule has 3 aliphatic rings. The Bertz CT molecular complexity index is 685. The highest BCUT2D eigenvalue weighted by molar-refractivity contribution is 5.76. The number of nitrogens with one attached hydrogen (secondary N) is 1. The molecule has 136 valence electrons. The van der Waals surface area contributed by atoms with Crippen LogP contribution in [0.1, 0.15) is 58.1 Å². The summed E-state index contributed by atoms with van der Waals surface area (Å²) in [5.41, 5.74) is 1.10. The molecule has 2 saturated carbocycles. The van der Waals surface area contributed by atoms with E-state index in [1.54, 1.807) is 6.07 Å². The van der Waals surface area contributed by atoms with Crippen molar-refractivity contribution in [2.75, 3.05) is 6.61 Å². The third kappa shape index (κ3) is 2.33. The van der Waals surface area contributed by atoms with E-state index in [4.69, 9.17) is 4.74 Å². The van der Waals surface area contributed by atoms with Gasteiger partial charge < -0.3 is 15.2 Å². The lowest BCUT2D eigenvalue weighted by Crippen LogP contribution is -2.58. The quantitative estimate of drug-likeness (QED) is 0.877. The number of ether oxygens (including phenoxy) is 1. The van der Waals surface area contributed by atoms with Crippen molar-refractivity contribution in [1.29, 1.82) is 0 Å². The first-order valence-electron chi connectivity index (χ1n) is 9.59. The van der Waals surface area contributed by atoms with Crippen LogP contribution in [0.4, 0.5) is 0 Å². The molecule has 4 rings (SSSR count). The van der Waals surface area contributed by atoms with Crippen LogP contribution in [0, 0.1) is 22.7 Å². The smallest absolute Gasteiger partial charge is 0.219 e. The van der Waals surface area contributed by atoms with E-state index in [0.29, 0.717) is 30.6 Å². The third-order valence-corrected chi connectivity index (χ3v) is 7.37. The molecule has 1 aliphatic heterocycles. The van der Waals surface area contributed by atoms with Crippen molar-refractivity contribution in [2.24, 2.45) is 22.7 Å². The first-order valence-corrected chi connectivity index (χ1v) is 9.59. The number of amides is 1. The second kappa shape index (κ2) is 5.73. The van der Waals surface area contributed by atoms with Gasteiger partial charge in [0, 0.05) is 24.6 Å². The number of carbonyl (C=O) groups excluding carboxylic acids is 1. The number of fused-ring (bicyclic) bond motifs is 1. The van der Waals surface area contributed by atoms with Gasteiger partial charge in [-0.3, -0.25) is 4.79 Å². The van der Waals surface area contributed by atoms with Gasteiger partial charge in [0.2, 0.25) is 5.91 Å². The van der Waals surface area contributed by atoms with Crippen LogP contribution >= 0.6 is 0 Å². The van der Waals surface area contributed by atoms with Crippen molar-refractivity contribution in [2.45, 2.75) is 58.6 Å². The highest BCUT2D eigenvalue weighted by atomic mass is 16.5. The fourth-order valence-corrected chi connectivity index (χ4v) is 6.09. The van der Waals surface area contributed by atoms with Crippen LogP contribution in [0.3, 0.4) is 0 Å². The minimum absolute atomic E-state index is 0.0721. The van der Waals surface area contributed by atoms with E-state index in [2.05, 4.69) is 19.2 Å². The normalized spacial score (nSPS) is 38.4. The molecule has 2 aliphatic carbocycles. The third-order valence-electron chi connectivity index (χ3n) is 7.37. The highest BCUT2D eigenvalue weighted by Gasteiger charge is 2.68. The largest absolute Gasteiger partial charge is 0.508 e. The molecule has 0 aromatic heterocycles. The molecule has 2 N–H and O–H groups in total. The molecule has 1 aromatic rings. The molecule has 1 aromatic carbocycles. The minimum Gasteiger partial charge on any atom is -0.508 e. The summed E-state index contributed by atoms with van der Waals surface area (Å²) >= 11 is 0. The van der Waals surface area contributed by atoms with Gasteiger partial charge in [-0.15, -0.1) is 0 Å². The van der Waals surface area contributed by atoms with Gasteiger partial charge >= 0.3 is 0 Å². The summed E-state index contributed by atoms with van der Waals surface area (Å²) in [6.45, 7) is 7.23. The van der Waals surface area contributed by atoms with Crippen LogP contribution < -0.4 is 5.32 Å². The molecule has 1 amide bonds. The first-order chi connectivity index (χ1) is 11.9. The van der Waals surface area contributed by atoms with Gasteiger partial charge in [0.15, 0.2) is 0 Å². The Hall–Kier alpha value is -1.55. The van der Waals surface area contributed by atoms with Crippen LogP contribution in [0.2, 0.25) is 0 Å². The Balaban J connectivity index is 1.72. The molecular weight excluding hydrogens is 314 g/mol. The van der Waals surface area contributed by atoms with E-state index >= 15 is 0 Å². The van der Waals surface area contributed by atoms with Crippen molar-refractivity contribution in [1.82, 2.24) is 5.32 Å². The van der Waals surface area contributed by atoms with Crippen LogP contribution in [-0.4, -0.2) is 23.7 Å². The summed E-state index contributed by atoms with van der Waals surface area (Å²) in [7, 11) is 0. The summed E-state index contributed by atoms with van der Waals surface area (Å²) in [5.74, 6) is 1.41. The predicted molar refractivity (Wildman–Crippen MR) is 96.1 cm³/mol. The molecule has 4 heteroatoms. The van der Waals surface area contributed by atoms with Crippen LogP contribution in [0.15, 0.2) is 24.3 Å². The second-order valence-corrected chi connectivity index (χ2v) is 8.75. The van der Waals surface area contributed by atoms with Crippen molar-refractivity contribution >= 4 is 5.91 Å². The standard InChI is InChI=1S/C21H29NO3/c1-4-17(24)22-19-20(2,3)13-11-15-18(14-7-5-6-8-16(14)23)25-10-9-21(15,19)12-13/h5-8,13,15,18-19,23H,4,9-12H2,1-3H3,(H,22,24)/t13-,15-,18-,19+,21-/m1/s1. The van der Waals surface area contributed by atoms with E-state index in [1.165, 1.54) is 0 Å². The Morgan fingerprint density at radius 3 is 2.84 bits per heavy atom. The van der Waals surface area contributed by atoms with Crippen molar-refractivity contribution in [3.8, 4) is 5.75 Å². The van der Waals surface area contributed by atoms with Crippen LogP contribution in [0.25, 0.3) is 0 Å². The van der Waals surface area contributed by atoms with E-state index in [0.717, 1.165) is 24.8 Å². The van der Waals surface area contributed by atoms with Gasteiger partial charge in [-0.05, 0) is 48.0 Å². The van der Waals surface area contributed by atoms with Gasteiger partial charge in [-0.1, -0.05) is 39.0 Å². The predicted octanol–water partition coefficient (Wildman–Crippen LogP) is 3.80. The monoisotopic (exact) mass is 343 g/mol. The Morgan fingerprint density at radius 2 is 2.12 bits per heavy atom. The zero-order chi connectivity index (χ0) is 17.8. The van der Waals surface area contributed by atoms with Crippen LogP contribution in [-0.2, 0) is 9.53 Å². The maximum atomic E-state index is 12.2. The van der Waals surface area contributed by atoms with Gasteiger partial charge in [0.1, 0.15) is 5.75 Å². The molecule has 1 heterocycles. The number of para-hydroxylation sites is 1. The lowest BCUT2D eigenvalue weighted by atomic mass is 9.58. The molecule has 25 heavy (non-hydrogen) atoms. The van der Waals surface area contributed by atoms with E-state index in [1.807, 2.05) is 25.1 Å². The van der Waals surface area contributed by atoms with Crippen molar-refractivity contribution in [3.63, 3.8) is 0 Å². The highest BCUT2D eigenvalue weighted by Crippen LogP contribution is 2.70. The van der Waals surface area contributed by atoms with E-state index < -0.39 is 0 Å². The van der Waals surface area contributed by atoms with Gasteiger partial charge in [0.05, 0.1) is 6.10 Å². The summed E-state index contributed by atoms with van der Waals surface area (Å²) in [6, 6.07) is 7.73. The molecule has 2 bridgehead atoms. The lowest BCUT2D eigenvalue weighted by molar-refractivity contribution is -0.137. The van der Waals surface area contributed by atoms with Gasteiger partial charge in [-0.25, -0.2) is 0 Å². The Labute approximate surface area is 150 Å². The molecule has 0 radical (unpaired) electrons.